The van der Waals surface area contributed by atoms with Gasteiger partial charge in [0.05, 0.1) is 12.3 Å². The highest BCUT2D eigenvalue weighted by molar-refractivity contribution is 7.99. The molecule has 4 rings (SSSR count). The monoisotopic (exact) mass is 446 g/mol. The summed E-state index contributed by atoms with van der Waals surface area (Å²) in [5, 5.41) is 3.46. The second kappa shape index (κ2) is 10.3. The fourth-order valence-electron chi connectivity index (χ4n) is 3.51. The number of carbonyl (C=O) groups excluding carboxylic acids is 1. The van der Waals surface area contributed by atoms with Gasteiger partial charge in [0.1, 0.15) is 11.0 Å². The number of carbonyl (C=O) groups is 1. The number of benzene rings is 2. The van der Waals surface area contributed by atoms with Crippen molar-refractivity contribution in [3.8, 4) is 11.1 Å². The highest BCUT2D eigenvalue weighted by Gasteiger charge is 2.18. The Morgan fingerprint density at radius 3 is 2.53 bits per heavy atom. The van der Waals surface area contributed by atoms with Gasteiger partial charge >= 0.3 is 0 Å². The molecule has 0 aliphatic carbocycles. The van der Waals surface area contributed by atoms with Crippen molar-refractivity contribution in [2.24, 2.45) is 0 Å². The molecule has 0 saturated heterocycles. The second-order valence-electron chi connectivity index (χ2n) is 7.56. The average Bonchev–Trinajstić information content (AvgIpc) is 3.25. The smallest absolute Gasteiger partial charge is 0.278 e. The minimum atomic E-state index is -0.144. The molecule has 0 bridgehead atoms. The van der Waals surface area contributed by atoms with E-state index >= 15 is 0 Å². The van der Waals surface area contributed by atoms with E-state index in [0.29, 0.717) is 29.3 Å². The Balaban J connectivity index is 1.72. The molecule has 2 N–H and O–H groups in total. The van der Waals surface area contributed by atoms with Crippen molar-refractivity contribution in [2.45, 2.75) is 31.5 Å². The molecule has 6 nitrogen and oxygen atoms in total. The van der Waals surface area contributed by atoms with Crippen LogP contribution < -0.4 is 10.9 Å². The molecule has 0 unspecified atom stereocenters. The summed E-state index contributed by atoms with van der Waals surface area (Å²) in [6, 6.07) is 19.7. The Hall–Kier alpha value is -3.32. The highest BCUT2D eigenvalue weighted by Crippen LogP contribution is 2.28. The number of hydrogen-bond donors (Lipinski definition) is 2. The van der Waals surface area contributed by atoms with Crippen LogP contribution in [0.2, 0.25) is 0 Å². The van der Waals surface area contributed by atoms with Gasteiger partial charge in [-0.15, -0.1) is 0 Å². The Morgan fingerprint density at radius 1 is 1.09 bits per heavy atom. The molecule has 2 aromatic heterocycles. The molecule has 0 aliphatic heterocycles. The molecule has 32 heavy (non-hydrogen) atoms. The van der Waals surface area contributed by atoms with E-state index in [4.69, 9.17) is 4.98 Å². The van der Waals surface area contributed by atoms with Crippen molar-refractivity contribution < 1.29 is 4.79 Å². The Bertz CT molecular complexity index is 1250. The van der Waals surface area contributed by atoms with E-state index in [-0.39, 0.29) is 17.2 Å². The summed E-state index contributed by atoms with van der Waals surface area (Å²) in [7, 11) is 0. The van der Waals surface area contributed by atoms with Crippen LogP contribution in [0, 0.1) is 0 Å². The maximum Gasteiger partial charge on any atom is 0.278 e. The summed E-state index contributed by atoms with van der Waals surface area (Å²) >= 11 is 1.29. The van der Waals surface area contributed by atoms with Gasteiger partial charge < -0.3 is 10.3 Å². The van der Waals surface area contributed by atoms with Gasteiger partial charge in [-0.25, -0.2) is 4.98 Å². The Morgan fingerprint density at radius 2 is 1.81 bits per heavy atom. The molecule has 0 spiro atoms. The van der Waals surface area contributed by atoms with Gasteiger partial charge in [0, 0.05) is 18.3 Å². The number of amides is 1. The lowest BCUT2D eigenvalue weighted by Crippen LogP contribution is -2.28. The van der Waals surface area contributed by atoms with Gasteiger partial charge in [-0.05, 0) is 17.5 Å². The molecular formula is C25H26N4O2S. The highest BCUT2D eigenvalue weighted by atomic mass is 32.2. The Labute approximate surface area is 191 Å². The summed E-state index contributed by atoms with van der Waals surface area (Å²) in [5.74, 6) is 0.156. The summed E-state index contributed by atoms with van der Waals surface area (Å²) in [5.41, 5.74) is 3.81. The second-order valence-corrected chi connectivity index (χ2v) is 8.50. The molecule has 2 heterocycles. The van der Waals surface area contributed by atoms with Crippen LogP contribution >= 0.6 is 11.8 Å². The molecule has 0 radical (unpaired) electrons. The summed E-state index contributed by atoms with van der Waals surface area (Å²) in [6.45, 7) is 3.14. The quantitative estimate of drug-likeness (QED) is 0.226. The summed E-state index contributed by atoms with van der Waals surface area (Å²) in [4.78, 5) is 33.7. The first-order valence-corrected chi connectivity index (χ1v) is 11.8. The first-order chi connectivity index (χ1) is 15.7. The van der Waals surface area contributed by atoms with Crippen LogP contribution in [0.3, 0.4) is 0 Å². The van der Waals surface area contributed by atoms with E-state index in [1.54, 1.807) is 4.57 Å². The number of aromatic nitrogens is 3. The third kappa shape index (κ3) is 4.94. The first kappa shape index (κ1) is 21.9. The lowest BCUT2D eigenvalue weighted by Gasteiger charge is -2.13. The first-order valence-electron chi connectivity index (χ1n) is 10.8. The van der Waals surface area contributed by atoms with Crippen LogP contribution in [0.15, 0.2) is 76.8 Å². The number of rotatable bonds is 9. The van der Waals surface area contributed by atoms with Gasteiger partial charge in [0.15, 0.2) is 5.16 Å². The SMILES string of the molecule is CCCCNC(=O)CSc1nc2c(-c3ccccc3)c[nH]c2c(=O)n1Cc1ccccc1. The van der Waals surface area contributed by atoms with E-state index < -0.39 is 0 Å². The van der Waals surface area contributed by atoms with E-state index in [1.807, 2.05) is 66.9 Å². The van der Waals surface area contributed by atoms with Gasteiger partial charge in [-0.1, -0.05) is 85.8 Å². The van der Waals surface area contributed by atoms with Crippen LogP contribution in [0.25, 0.3) is 22.2 Å². The van der Waals surface area contributed by atoms with E-state index in [0.717, 1.165) is 29.5 Å². The molecule has 2 aromatic carbocycles. The number of nitrogens with one attached hydrogen (secondary N) is 2. The summed E-state index contributed by atoms with van der Waals surface area (Å²) < 4.78 is 1.65. The number of unbranched alkanes of at least 4 members (excludes halogenated alkanes) is 1. The van der Waals surface area contributed by atoms with Gasteiger partial charge in [0.2, 0.25) is 5.91 Å². The van der Waals surface area contributed by atoms with Crippen molar-refractivity contribution in [1.82, 2.24) is 19.9 Å². The molecular weight excluding hydrogens is 420 g/mol. The van der Waals surface area contributed by atoms with Crippen molar-refractivity contribution >= 4 is 28.7 Å². The van der Waals surface area contributed by atoms with Crippen LogP contribution in [-0.2, 0) is 11.3 Å². The number of H-pyrrole nitrogens is 1. The molecule has 7 heteroatoms. The molecule has 0 fully saturated rings. The predicted octanol–water partition coefficient (Wildman–Crippen LogP) is 4.45. The fourth-order valence-corrected chi connectivity index (χ4v) is 4.33. The number of aromatic amines is 1. The topological polar surface area (TPSA) is 79.8 Å². The maximum absolute atomic E-state index is 13.4. The van der Waals surface area contributed by atoms with Gasteiger partial charge in [0.25, 0.3) is 5.56 Å². The van der Waals surface area contributed by atoms with Gasteiger partial charge in [-0.2, -0.15) is 0 Å². The van der Waals surface area contributed by atoms with Crippen molar-refractivity contribution in [2.75, 3.05) is 12.3 Å². The predicted molar refractivity (Wildman–Crippen MR) is 130 cm³/mol. The molecule has 0 aliphatic rings. The number of hydrogen-bond acceptors (Lipinski definition) is 4. The van der Waals surface area contributed by atoms with E-state index in [1.165, 1.54) is 11.8 Å². The van der Waals surface area contributed by atoms with E-state index in [2.05, 4.69) is 17.2 Å². The zero-order valence-electron chi connectivity index (χ0n) is 18.0. The minimum absolute atomic E-state index is 0.0543. The number of nitrogens with zero attached hydrogens (tertiary/aromatic N) is 2. The van der Waals surface area contributed by atoms with Crippen molar-refractivity contribution in [3.05, 3.63) is 82.8 Å². The van der Waals surface area contributed by atoms with Crippen molar-refractivity contribution in [3.63, 3.8) is 0 Å². The van der Waals surface area contributed by atoms with Crippen molar-refractivity contribution in [1.29, 1.82) is 0 Å². The number of fused-ring (bicyclic) bond motifs is 1. The third-order valence-electron chi connectivity index (χ3n) is 5.20. The standard InChI is InChI=1S/C25H26N4O2S/c1-2-3-14-26-21(30)17-32-25-28-22-20(19-12-8-5-9-13-19)15-27-23(22)24(31)29(25)16-18-10-6-4-7-11-18/h4-13,15,27H,2-3,14,16-17H2,1H3,(H,26,30). The third-order valence-corrected chi connectivity index (χ3v) is 6.18. The number of thioether (sulfide) groups is 1. The normalized spacial score (nSPS) is 11.0. The Kier molecular flexibility index (Phi) is 7.07. The van der Waals surface area contributed by atoms with Crippen LogP contribution in [0.1, 0.15) is 25.3 Å². The lowest BCUT2D eigenvalue weighted by molar-refractivity contribution is -0.118. The average molecular weight is 447 g/mol. The van der Waals surface area contributed by atoms with Gasteiger partial charge in [-0.3, -0.25) is 14.2 Å². The fraction of sp³-hybridized carbons (Fsp3) is 0.240. The zero-order chi connectivity index (χ0) is 22.3. The van der Waals surface area contributed by atoms with Crippen LogP contribution in [0.5, 0.6) is 0 Å². The zero-order valence-corrected chi connectivity index (χ0v) is 18.8. The molecule has 0 atom stereocenters. The largest absolute Gasteiger partial charge is 0.355 e. The molecule has 0 saturated carbocycles. The molecule has 4 aromatic rings. The molecule has 164 valence electrons. The van der Waals surface area contributed by atoms with Crippen LogP contribution in [0.4, 0.5) is 0 Å². The summed E-state index contributed by atoms with van der Waals surface area (Å²) in [6.07, 6.45) is 3.80. The maximum atomic E-state index is 13.4. The molecule has 1 amide bonds. The minimum Gasteiger partial charge on any atom is -0.355 e. The lowest BCUT2D eigenvalue weighted by atomic mass is 10.1. The van der Waals surface area contributed by atoms with Crippen LogP contribution in [-0.4, -0.2) is 32.7 Å². The van der Waals surface area contributed by atoms with E-state index in [9.17, 15) is 9.59 Å².